The molecule has 0 bridgehead atoms. The number of pyridine rings is 1. The van der Waals surface area contributed by atoms with Crippen molar-refractivity contribution in [1.29, 1.82) is 0 Å². The Hall–Kier alpha value is -3.42. The van der Waals surface area contributed by atoms with Crippen LogP contribution in [0.3, 0.4) is 0 Å². The molecule has 1 amide bonds. The molecule has 0 fully saturated rings. The van der Waals surface area contributed by atoms with Crippen LogP contribution in [0.4, 0.5) is 14.5 Å². The van der Waals surface area contributed by atoms with Crippen molar-refractivity contribution < 1.29 is 18.3 Å². The second kappa shape index (κ2) is 6.14. The smallest absolute Gasteiger partial charge is 0.274 e. The van der Waals surface area contributed by atoms with E-state index in [1.54, 1.807) is 22.7 Å². The number of amides is 1. The second-order valence-corrected chi connectivity index (χ2v) is 5.64. The van der Waals surface area contributed by atoms with Crippen LogP contribution in [0.1, 0.15) is 17.4 Å². The van der Waals surface area contributed by atoms with Crippen molar-refractivity contribution in [2.45, 2.75) is 6.92 Å². The number of aromatic nitrogens is 3. The third kappa shape index (κ3) is 2.65. The molecule has 2 N–H and O–H groups in total. The van der Waals surface area contributed by atoms with Crippen molar-refractivity contribution in [2.75, 3.05) is 11.9 Å². The van der Waals surface area contributed by atoms with Gasteiger partial charge in [0.1, 0.15) is 17.1 Å². The number of nitrogens with one attached hydrogen (secondary N) is 2. The molecule has 132 valence electrons. The number of halogens is 2. The van der Waals surface area contributed by atoms with E-state index in [-0.39, 0.29) is 0 Å². The normalized spacial score (nSPS) is 11.2. The van der Waals surface area contributed by atoms with Gasteiger partial charge in [0.05, 0.1) is 24.0 Å². The van der Waals surface area contributed by atoms with Gasteiger partial charge in [-0.15, -0.1) is 0 Å². The Balaban J connectivity index is 1.66. The number of anilines is 1. The summed E-state index contributed by atoms with van der Waals surface area (Å²) in [7, 11) is 0. The van der Waals surface area contributed by atoms with Gasteiger partial charge in [0.15, 0.2) is 11.6 Å². The van der Waals surface area contributed by atoms with Crippen molar-refractivity contribution >= 4 is 28.1 Å². The summed E-state index contributed by atoms with van der Waals surface area (Å²) in [6.45, 7) is 2.41. The quantitative estimate of drug-likeness (QED) is 0.585. The Morgan fingerprint density at radius 2 is 2.12 bits per heavy atom. The molecule has 4 rings (SSSR count). The molecule has 0 radical (unpaired) electrons. The summed E-state index contributed by atoms with van der Waals surface area (Å²) >= 11 is 0. The van der Waals surface area contributed by atoms with Gasteiger partial charge in [-0.05, 0) is 19.1 Å². The lowest BCUT2D eigenvalue weighted by Crippen LogP contribution is -2.14. The highest BCUT2D eigenvalue weighted by Crippen LogP contribution is 2.26. The maximum Gasteiger partial charge on any atom is 0.274 e. The molecule has 0 aliphatic carbocycles. The number of benzene rings is 1. The first kappa shape index (κ1) is 16.1. The van der Waals surface area contributed by atoms with Gasteiger partial charge in [-0.2, -0.15) is 0 Å². The van der Waals surface area contributed by atoms with E-state index in [9.17, 15) is 13.6 Å². The molecule has 4 aromatic rings. The number of carbonyl (C=O) groups excluding carboxylic acids is 1. The number of hydrogen-bond donors (Lipinski definition) is 2. The lowest BCUT2D eigenvalue weighted by molar-refractivity contribution is 0.102. The van der Waals surface area contributed by atoms with Crippen molar-refractivity contribution in [2.24, 2.45) is 0 Å². The first-order valence-electron chi connectivity index (χ1n) is 7.94. The van der Waals surface area contributed by atoms with Crippen molar-refractivity contribution in [3.05, 3.63) is 60.2 Å². The first-order valence-corrected chi connectivity index (χ1v) is 7.94. The minimum absolute atomic E-state index is 0.306. The Labute approximate surface area is 146 Å². The topological polar surface area (TPSA) is 71.4 Å². The monoisotopic (exact) mass is 356 g/mol. The number of imidazole rings is 1. The fourth-order valence-corrected chi connectivity index (χ4v) is 2.79. The van der Waals surface area contributed by atoms with Crippen LogP contribution in [0.2, 0.25) is 0 Å². The predicted molar refractivity (Wildman–Crippen MR) is 92.5 cm³/mol. The zero-order chi connectivity index (χ0) is 18.3. The largest absolute Gasteiger partial charge is 0.494 e. The fourth-order valence-electron chi connectivity index (χ4n) is 2.79. The Morgan fingerprint density at radius 1 is 1.31 bits per heavy atom. The third-order valence-corrected chi connectivity index (χ3v) is 4.00. The molecule has 0 saturated carbocycles. The molecule has 3 heterocycles. The number of ether oxygens (including phenoxy) is 1. The van der Waals surface area contributed by atoms with Gasteiger partial charge in [-0.3, -0.25) is 9.20 Å². The number of aromatic amines is 1. The van der Waals surface area contributed by atoms with Gasteiger partial charge in [0, 0.05) is 29.9 Å². The Morgan fingerprint density at radius 3 is 2.92 bits per heavy atom. The van der Waals surface area contributed by atoms with Crippen LogP contribution < -0.4 is 10.1 Å². The molecule has 0 aliphatic rings. The van der Waals surface area contributed by atoms with Crippen LogP contribution in [-0.4, -0.2) is 26.9 Å². The van der Waals surface area contributed by atoms with Gasteiger partial charge in [0.2, 0.25) is 0 Å². The van der Waals surface area contributed by atoms with E-state index in [1.165, 1.54) is 12.4 Å². The molecule has 0 aliphatic heterocycles. The summed E-state index contributed by atoms with van der Waals surface area (Å²) in [6.07, 6.45) is 4.61. The van der Waals surface area contributed by atoms with Gasteiger partial charge in [0.25, 0.3) is 5.91 Å². The van der Waals surface area contributed by atoms with Crippen molar-refractivity contribution in [3.63, 3.8) is 0 Å². The van der Waals surface area contributed by atoms with E-state index in [4.69, 9.17) is 4.74 Å². The average Bonchev–Trinajstić information content (AvgIpc) is 3.20. The number of carbonyl (C=O) groups is 1. The van der Waals surface area contributed by atoms with Gasteiger partial charge in [-0.1, -0.05) is 0 Å². The molecule has 1 aromatic carbocycles. The van der Waals surface area contributed by atoms with Crippen LogP contribution in [0.5, 0.6) is 5.75 Å². The number of rotatable bonds is 4. The molecule has 0 spiro atoms. The predicted octanol–water partition coefficient (Wildman–Crippen LogP) is 3.74. The lowest BCUT2D eigenvalue weighted by atomic mass is 10.2. The second-order valence-electron chi connectivity index (χ2n) is 5.64. The van der Waals surface area contributed by atoms with Crippen LogP contribution >= 0.6 is 0 Å². The molecular weight excluding hydrogens is 342 g/mol. The van der Waals surface area contributed by atoms with Gasteiger partial charge in [-0.25, -0.2) is 13.8 Å². The molecule has 0 saturated heterocycles. The summed E-state index contributed by atoms with van der Waals surface area (Å²) in [5.74, 6) is -1.70. The van der Waals surface area contributed by atoms with Crippen LogP contribution in [0, 0.1) is 11.6 Å². The number of hydrogen-bond acceptors (Lipinski definition) is 3. The zero-order valence-electron chi connectivity index (χ0n) is 13.7. The Bertz CT molecular complexity index is 1130. The van der Waals surface area contributed by atoms with E-state index in [0.29, 0.717) is 40.3 Å². The van der Waals surface area contributed by atoms with Crippen molar-refractivity contribution in [1.82, 2.24) is 14.4 Å². The highest BCUT2D eigenvalue weighted by Gasteiger charge is 2.16. The third-order valence-electron chi connectivity index (χ3n) is 4.00. The number of fused-ring (bicyclic) bond motifs is 2. The van der Waals surface area contributed by atoms with Crippen LogP contribution in [0.15, 0.2) is 42.9 Å². The molecule has 3 aromatic heterocycles. The molecular formula is C18H14F2N4O2. The summed E-state index contributed by atoms with van der Waals surface area (Å²) < 4.78 is 33.8. The van der Waals surface area contributed by atoms with E-state index >= 15 is 0 Å². The average molecular weight is 356 g/mol. The molecule has 26 heavy (non-hydrogen) atoms. The highest BCUT2D eigenvalue weighted by molar-refractivity contribution is 6.08. The minimum atomic E-state index is -0.981. The Kier molecular flexibility index (Phi) is 3.80. The summed E-state index contributed by atoms with van der Waals surface area (Å²) in [5.41, 5.74) is 1.61. The standard InChI is InChI=1S/C18H14F2N4O2/c1-2-26-10-3-4-24-16(9-22-17(24)5-10)18(25)23-15-8-21-14-7-13(20)12(19)6-11(14)15/h3-9,21H,2H2,1H3,(H,23,25). The van der Waals surface area contributed by atoms with E-state index in [2.05, 4.69) is 15.3 Å². The van der Waals surface area contributed by atoms with Gasteiger partial charge < -0.3 is 15.0 Å². The maximum absolute atomic E-state index is 13.5. The highest BCUT2D eigenvalue weighted by atomic mass is 19.2. The van der Waals surface area contributed by atoms with Crippen LogP contribution in [-0.2, 0) is 0 Å². The summed E-state index contributed by atoms with van der Waals surface area (Å²) in [6, 6.07) is 5.55. The number of nitrogens with zero attached hydrogens (tertiary/aromatic N) is 2. The van der Waals surface area contributed by atoms with Gasteiger partial charge >= 0.3 is 0 Å². The fraction of sp³-hybridized carbons (Fsp3) is 0.111. The molecule has 0 unspecified atom stereocenters. The lowest BCUT2D eigenvalue weighted by Gasteiger charge is -2.06. The molecule has 8 heteroatoms. The molecule has 0 atom stereocenters. The van der Waals surface area contributed by atoms with E-state index in [0.717, 1.165) is 12.1 Å². The van der Waals surface area contributed by atoms with Crippen LogP contribution in [0.25, 0.3) is 16.6 Å². The van der Waals surface area contributed by atoms with Crippen molar-refractivity contribution in [3.8, 4) is 5.75 Å². The maximum atomic E-state index is 13.5. The minimum Gasteiger partial charge on any atom is -0.494 e. The SMILES string of the molecule is CCOc1ccn2c(C(=O)Nc3c[nH]c4cc(F)c(F)cc34)cnc2c1. The first-order chi connectivity index (χ1) is 12.6. The molecule has 6 nitrogen and oxygen atoms in total. The summed E-state index contributed by atoms with van der Waals surface area (Å²) in [4.78, 5) is 19.6. The van der Waals surface area contributed by atoms with E-state index < -0.39 is 17.5 Å². The summed E-state index contributed by atoms with van der Waals surface area (Å²) in [5, 5.41) is 3.07. The van der Waals surface area contributed by atoms with E-state index in [1.807, 2.05) is 6.92 Å². The number of H-pyrrole nitrogens is 1. The zero-order valence-corrected chi connectivity index (χ0v) is 13.7.